The summed E-state index contributed by atoms with van der Waals surface area (Å²) in [7, 11) is 0. The van der Waals surface area contributed by atoms with Gasteiger partial charge >= 0.3 is 0 Å². The molecule has 3 aliphatic rings. The van der Waals surface area contributed by atoms with Crippen LogP contribution >= 0.6 is 0 Å². The van der Waals surface area contributed by atoms with Crippen LogP contribution in [0.2, 0.25) is 0 Å². The highest BCUT2D eigenvalue weighted by atomic mass is 19.2. The van der Waals surface area contributed by atoms with Crippen molar-refractivity contribution in [2.45, 2.75) is 0 Å². The van der Waals surface area contributed by atoms with E-state index < -0.39 is 154 Å². The number of nitrogens with zero attached hydrogens (tertiary/aromatic N) is 12. The molecule has 12 nitrogen and oxygen atoms in total. The maximum Gasteiger partial charge on any atom is 0.200 e. The predicted octanol–water partition coefficient (Wildman–Crippen LogP) is 3.78. The number of nitriles is 3. The highest BCUT2D eigenvalue weighted by molar-refractivity contribution is 5.81. The van der Waals surface area contributed by atoms with Crippen molar-refractivity contribution >= 4 is 16.7 Å². The summed E-state index contributed by atoms with van der Waals surface area (Å²) in [5.41, 5.74) is -5.00. The molecule has 0 aliphatic carbocycles. The number of halogens is 13. The van der Waals surface area contributed by atoms with E-state index >= 15 is 0 Å². The zero-order valence-corrected chi connectivity index (χ0v) is 28.5. The lowest BCUT2D eigenvalue weighted by molar-refractivity contribution is 0.376. The maximum atomic E-state index is 14.7. The Morgan fingerprint density at radius 2 is 0.721 bits per heavy atom. The summed E-state index contributed by atoms with van der Waals surface area (Å²) < 4.78 is 186. The number of rotatable bonds is 4. The molecule has 0 N–H and O–H groups in total. The van der Waals surface area contributed by atoms with Gasteiger partial charge in [-0.15, -0.1) is 0 Å². The van der Waals surface area contributed by atoms with E-state index in [2.05, 4.69) is 44.9 Å². The molecule has 3 aliphatic heterocycles. The molecule has 1 aromatic heterocycles. The summed E-state index contributed by atoms with van der Waals surface area (Å²) in [5.74, 6) is -34.5. The van der Waals surface area contributed by atoms with Crippen molar-refractivity contribution in [3.63, 3.8) is 0 Å². The van der Waals surface area contributed by atoms with Crippen LogP contribution in [0.25, 0.3) is 28.1 Å². The van der Waals surface area contributed by atoms with Crippen LogP contribution in [0.3, 0.4) is 0 Å². The Balaban J connectivity index is 1.37. The third-order valence-corrected chi connectivity index (χ3v) is 8.54. The molecule has 8 rings (SSSR count). The Labute approximate surface area is 324 Å². The van der Waals surface area contributed by atoms with Crippen LogP contribution in [0, 0.1) is 110 Å². The normalized spacial score (nSPS) is 13.9. The molecule has 0 amide bonds. The molecule has 4 aromatic carbocycles. The van der Waals surface area contributed by atoms with Crippen LogP contribution in [0.4, 0.5) is 57.1 Å². The average Bonchev–Trinajstić information content (AvgIpc) is 4.02. The lowest BCUT2D eigenvalue weighted by atomic mass is 10.0. The van der Waals surface area contributed by atoms with Crippen LogP contribution < -0.4 is 32.1 Å². The fraction of sp³-hybridized carbons (Fsp3) is 0. The first-order valence-electron chi connectivity index (χ1n) is 15.9. The van der Waals surface area contributed by atoms with Gasteiger partial charge in [0, 0.05) is 5.56 Å². The standard InChI is InChI=1S/C36H3F13N12/c37-14-13(15(38)17(40)18(41)16(14)39)8(4-50)32-53-11-2-1-7(3-12(11)54-32)31-59-35(9(5-51)33-55-27-23(46)19(42)20(43)24(47)28(27)56-33)61-36(60-31)10(6-52)34-57-29-25(48)21(44)22(45)26(49)30(29)58-34/h1-3H/b32-8+. The number of aromatic nitrogens is 3. The van der Waals surface area contributed by atoms with E-state index in [1.165, 1.54) is 18.2 Å². The van der Waals surface area contributed by atoms with Crippen LogP contribution in [0.5, 0.6) is 0 Å². The summed E-state index contributed by atoms with van der Waals surface area (Å²) >= 11 is 0. The number of fused-ring (bicyclic) bond motifs is 3. The van der Waals surface area contributed by atoms with Crippen LogP contribution in [0.15, 0.2) is 65.6 Å². The molecule has 25 heteroatoms. The quantitative estimate of drug-likeness (QED) is 0.115. The average molecular weight is 850 g/mol. The summed E-state index contributed by atoms with van der Waals surface area (Å²) in [6.45, 7) is 0. The molecule has 5 aromatic rings. The lowest BCUT2D eigenvalue weighted by Gasteiger charge is -2.07. The maximum absolute atomic E-state index is 14.7. The molecule has 0 saturated heterocycles. The molecule has 0 radical (unpaired) electrons. The van der Waals surface area contributed by atoms with Gasteiger partial charge in [0.05, 0.1) is 16.3 Å². The van der Waals surface area contributed by atoms with Gasteiger partial charge in [-0.05, 0) is 18.2 Å². The Bertz CT molecular complexity index is 3350. The Morgan fingerprint density at radius 1 is 0.377 bits per heavy atom. The number of hydrogen-bond acceptors (Lipinski definition) is 12. The summed E-state index contributed by atoms with van der Waals surface area (Å²) in [6, 6.07) is 7.52. The minimum atomic E-state index is -2.51. The van der Waals surface area contributed by atoms with E-state index in [1.807, 2.05) is 0 Å². The minimum Gasteiger partial charge on any atom is -0.226 e. The summed E-state index contributed by atoms with van der Waals surface area (Å²) in [6.07, 6.45) is 0. The van der Waals surface area contributed by atoms with Crippen LogP contribution in [-0.4, -0.2) is 15.0 Å². The topological polar surface area (TPSA) is 184 Å². The molecule has 0 saturated carbocycles. The van der Waals surface area contributed by atoms with E-state index in [9.17, 15) is 72.9 Å². The van der Waals surface area contributed by atoms with Gasteiger partial charge in [0.2, 0.25) is 5.82 Å². The van der Waals surface area contributed by atoms with Gasteiger partial charge in [0.1, 0.15) is 56.4 Å². The summed E-state index contributed by atoms with van der Waals surface area (Å²) in [4.78, 5) is 34.1. The van der Waals surface area contributed by atoms with Crippen molar-refractivity contribution < 1.29 is 57.1 Å². The molecule has 0 fully saturated rings. The zero-order valence-electron chi connectivity index (χ0n) is 28.5. The highest BCUT2D eigenvalue weighted by Crippen LogP contribution is 2.31. The number of benzene rings is 4. The smallest absolute Gasteiger partial charge is 0.200 e. The predicted molar refractivity (Wildman–Crippen MR) is 169 cm³/mol. The van der Waals surface area contributed by atoms with Crippen molar-refractivity contribution in [2.24, 2.45) is 30.0 Å². The monoisotopic (exact) mass is 850 g/mol. The first-order valence-corrected chi connectivity index (χ1v) is 15.9. The summed E-state index contributed by atoms with van der Waals surface area (Å²) in [5, 5.41) is 24.7. The Hall–Kier alpha value is -8.53. The molecule has 4 heterocycles. The second-order valence-corrected chi connectivity index (χ2v) is 12.0. The Morgan fingerprint density at radius 3 is 1.11 bits per heavy atom. The molecule has 0 unspecified atom stereocenters. The molecule has 0 atom stereocenters. The van der Waals surface area contributed by atoms with Crippen molar-refractivity contribution in [2.75, 3.05) is 0 Å². The fourth-order valence-electron chi connectivity index (χ4n) is 5.70. The van der Waals surface area contributed by atoms with Crippen molar-refractivity contribution in [3.8, 4) is 29.6 Å². The highest BCUT2D eigenvalue weighted by Gasteiger charge is 2.31. The van der Waals surface area contributed by atoms with E-state index in [0.717, 1.165) is 18.2 Å². The second-order valence-electron chi connectivity index (χ2n) is 12.0. The molecule has 0 bridgehead atoms. The van der Waals surface area contributed by atoms with E-state index in [4.69, 9.17) is 0 Å². The molecular weight excluding hydrogens is 847 g/mol. The van der Waals surface area contributed by atoms with Crippen molar-refractivity contribution in [3.05, 3.63) is 161 Å². The first kappa shape index (κ1) is 39.3. The van der Waals surface area contributed by atoms with E-state index in [0.29, 0.717) is 0 Å². The lowest BCUT2D eigenvalue weighted by Crippen LogP contribution is -2.32. The van der Waals surface area contributed by atoms with Crippen molar-refractivity contribution in [1.82, 2.24) is 15.0 Å². The van der Waals surface area contributed by atoms with Gasteiger partial charge in [-0.1, -0.05) is 0 Å². The minimum absolute atomic E-state index is 0.195. The van der Waals surface area contributed by atoms with E-state index in [1.54, 1.807) is 0 Å². The molecular formula is C36H3F13N12. The van der Waals surface area contributed by atoms with Gasteiger partial charge in [-0.3, -0.25) is 0 Å². The zero-order chi connectivity index (χ0) is 43.9. The molecule has 0 spiro atoms. The van der Waals surface area contributed by atoms with Crippen molar-refractivity contribution in [1.29, 1.82) is 15.8 Å². The Kier molecular flexibility index (Phi) is 9.08. The number of allylic oxidation sites excluding steroid dienone is 3. The third kappa shape index (κ3) is 5.87. The van der Waals surface area contributed by atoms with E-state index in [-0.39, 0.29) is 16.3 Å². The van der Waals surface area contributed by atoms with Gasteiger partial charge in [0.15, 0.2) is 105 Å². The number of hydrogen-bond donors (Lipinski definition) is 0. The second kappa shape index (κ2) is 14.1. The first-order chi connectivity index (χ1) is 29.0. The largest absolute Gasteiger partial charge is 0.226 e. The SMILES string of the molecule is N#CC(=C1N=c2c(F)c(F)c(F)c(F)c2=N1)c1nc(C(C#N)=C2N=c3c(F)c(F)c(F)c(F)c3=N2)nc(-c2ccc3c(c2)=N/C(=C(\C#N)c2c(F)c(F)c(F)c(F)c2F)N=3)n1. The van der Waals surface area contributed by atoms with Gasteiger partial charge in [0.25, 0.3) is 0 Å². The van der Waals surface area contributed by atoms with Gasteiger partial charge in [-0.2, -0.15) is 15.8 Å². The fourth-order valence-corrected chi connectivity index (χ4v) is 5.70. The van der Waals surface area contributed by atoms with Gasteiger partial charge in [-0.25, -0.2) is 102 Å². The van der Waals surface area contributed by atoms with Crippen LogP contribution in [0.1, 0.15) is 17.2 Å². The van der Waals surface area contributed by atoms with Crippen LogP contribution in [-0.2, 0) is 0 Å². The van der Waals surface area contributed by atoms with Gasteiger partial charge < -0.3 is 0 Å². The molecule has 298 valence electrons. The third-order valence-electron chi connectivity index (χ3n) is 8.54. The molecule has 61 heavy (non-hydrogen) atoms.